The first-order valence-corrected chi connectivity index (χ1v) is 7.25. The summed E-state index contributed by atoms with van der Waals surface area (Å²) in [5, 5.41) is 0.638. The summed E-state index contributed by atoms with van der Waals surface area (Å²) in [7, 11) is 3.67. The van der Waals surface area contributed by atoms with Gasteiger partial charge in [-0.2, -0.15) is 0 Å². The van der Waals surface area contributed by atoms with Gasteiger partial charge in [0, 0.05) is 32.2 Å². The van der Waals surface area contributed by atoms with Gasteiger partial charge in [-0.05, 0) is 42.1 Å². The quantitative estimate of drug-likeness (QED) is 0.801. The van der Waals surface area contributed by atoms with Crippen molar-refractivity contribution in [1.29, 1.82) is 0 Å². The molecular formula is C15H14N4OS. The minimum Gasteiger partial charge on any atom is -0.351 e. The molecule has 0 radical (unpaired) electrons. The summed E-state index contributed by atoms with van der Waals surface area (Å²) in [6.45, 7) is 0. The van der Waals surface area contributed by atoms with Crippen molar-refractivity contribution in [3.8, 4) is 0 Å². The van der Waals surface area contributed by atoms with E-state index in [1.54, 1.807) is 18.1 Å². The number of amidine groups is 1. The van der Waals surface area contributed by atoms with E-state index in [4.69, 9.17) is 0 Å². The molecule has 1 fully saturated rings. The number of nitrogens with zero attached hydrogens (tertiary/aromatic N) is 4. The van der Waals surface area contributed by atoms with Crippen molar-refractivity contribution < 1.29 is 4.79 Å². The van der Waals surface area contributed by atoms with E-state index in [0.29, 0.717) is 15.9 Å². The Bertz CT molecular complexity index is 733. The van der Waals surface area contributed by atoms with E-state index in [1.807, 2.05) is 54.2 Å². The number of rotatable bonds is 2. The van der Waals surface area contributed by atoms with Gasteiger partial charge < -0.3 is 4.57 Å². The largest absolute Gasteiger partial charge is 0.351 e. The molecule has 1 aliphatic rings. The first-order valence-electron chi connectivity index (χ1n) is 6.44. The van der Waals surface area contributed by atoms with Gasteiger partial charge in [-0.3, -0.25) is 9.69 Å². The molecule has 1 aliphatic heterocycles. The van der Waals surface area contributed by atoms with Crippen LogP contribution in [0.15, 0.2) is 52.6 Å². The minimum absolute atomic E-state index is 0.0455. The van der Waals surface area contributed by atoms with Crippen LogP contribution in [0.25, 0.3) is 6.08 Å². The lowest BCUT2D eigenvalue weighted by Crippen LogP contribution is -2.23. The standard InChI is InChI=1S/C15H14N4OS/c1-18-9-5-6-11(18)10-12-14(20)19(2)15(21-12)17-13-7-3-4-8-16-13/h3-10H,1-2H3/b12-10+,17-15+. The molecule has 0 unspecified atom stereocenters. The molecule has 106 valence electrons. The summed E-state index contributed by atoms with van der Waals surface area (Å²) in [6.07, 6.45) is 5.51. The number of carbonyl (C=O) groups is 1. The lowest BCUT2D eigenvalue weighted by atomic mass is 10.3. The highest BCUT2D eigenvalue weighted by Gasteiger charge is 2.30. The van der Waals surface area contributed by atoms with Gasteiger partial charge in [0.05, 0.1) is 4.91 Å². The van der Waals surface area contributed by atoms with Gasteiger partial charge in [0.15, 0.2) is 11.0 Å². The lowest BCUT2D eigenvalue weighted by molar-refractivity contribution is -0.121. The third-order valence-corrected chi connectivity index (χ3v) is 4.19. The van der Waals surface area contributed by atoms with Crippen LogP contribution in [0.3, 0.4) is 0 Å². The maximum atomic E-state index is 12.3. The molecule has 1 amide bonds. The van der Waals surface area contributed by atoms with Crippen LogP contribution >= 0.6 is 11.8 Å². The molecule has 2 aromatic heterocycles. The third-order valence-electron chi connectivity index (χ3n) is 3.13. The van der Waals surface area contributed by atoms with E-state index in [-0.39, 0.29) is 5.91 Å². The maximum Gasteiger partial charge on any atom is 0.266 e. The normalized spacial score (nSPS) is 19.0. The monoisotopic (exact) mass is 298 g/mol. The molecule has 1 saturated heterocycles. The molecule has 0 N–H and O–H groups in total. The Morgan fingerprint density at radius 2 is 2.10 bits per heavy atom. The molecule has 3 heterocycles. The van der Waals surface area contributed by atoms with E-state index in [9.17, 15) is 4.79 Å². The molecule has 0 spiro atoms. The van der Waals surface area contributed by atoms with Crippen molar-refractivity contribution in [1.82, 2.24) is 14.5 Å². The summed E-state index contributed by atoms with van der Waals surface area (Å²) in [5.41, 5.74) is 0.985. The van der Waals surface area contributed by atoms with Gasteiger partial charge in [0.1, 0.15) is 0 Å². The summed E-state index contributed by atoms with van der Waals surface area (Å²) in [6, 6.07) is 9.43. The highest BCUT2D eigenvalue weighted by Crippen LogP contribution is 2.32. The molecule has 2 aromatic rings. The second kappa shape index (κ2) is 5.57. The number of likely N-dealkylation sites (N-methyl/N-ethyl adjacent to an activating group) is 1. The molecule has 0 aliphatic carbocycles. The van der Waals surface area contributed by atoms with Crippen molar-refractivity contribution in [2.45, 2.75) is 0 Å². The Labute approximate surface area is 127 Å². The number of pyridine rings is 1. The maximum absolute atomic E-state index is 12.3. The van der Waals surface area contributed by atoms with E-state index >= 15 is 0 Å². The predicted molar refractivity (Wildman–Crippen MR) is 85.1 cm³/mol. The van der Waals surface area contributed by atoms with E-state index in [0.717, 1.165) is 5.69 Å². The molecule has 5 nitrogen and oxygen atoms in total. The van der Waals surface area contributed by atoms with Gasteiger partial charge in [0.25, 0.3) is 5.91 Å². The Morgan fingerprint density at radius 3 is 2.76 bits per heavy atom. The fourth-order valence-electron chi connectivity index (χ4n) is 1.93. The van der Waals surface area contributed by atoms with Crippen LogP contribution in [0.4, 0.5) is 5.82 Å². The SMILES string of the molecule is CN1C(=O)/C(=C\c2cccn2C)S/C1=N/c1ccccn1. The van der Waals surface area contributed by atoms with Gasteiger partial charge in [-0.15, -0.1) is 0 Å². The average molecular weight is 298 g/mol. The topological polar surface area (TPSA) is 50.5 Å². The highest BCUT2D eigenvalue weighted by atomic mass is 32.2. The summed E-state index contributed by atoms with van der Waals surface area (Å²) < 4.78 is 1.97. The number of aromatic nitrogens is 2. The van der Waals surface area contributed by atoms with Crippen molar-refractivity contribution in [3.05, 3.63) is 53.3 Å². The van der Waals surface area contributed by atoms with Gasteiger partial charge in [0.2, 0.25) is 0 Å². The Morgan fingerprint density at radius 1 is 1.24 bits per heavy atom. The average Bonchev–Trinajstić information content (AvgIpc) is 3.00. The van der Waals surface area contributed by atoms with Gasteiger partial charge in [-0.25, -0.2) is 9.98 Å². The Kier molecular flexibility index (Phi) is 3.62. The number of aliphatic imine (C=N–C) groups is 1. The lowest BCUT2D eigenvalue weighted by Gasteiger charge is -2.06. The zero-order chi connectivity index (χ0) is 14.8. The van der Waals surface area contributed by atoms with E-state index in [1.165, 1.54) is 11.8 Å². The van der Waals surface area contributed by atoms with Crippen LogP contribution < -0.4 is 0 Å². The van der Waals surface area contributed by atoms with Crippen molar-refractivity contribution in [2.75, 3.05) is 7.05 Å². The number of hydrogen-bond acceptors (Lipinski definition) is 4. The zero-order valence-electron chi connectivity index (χ0n) is 11.7. The van der Waals surface area contributed by atoms with Crippen LogP contribution in [0.5, 0.6) is 0 Å². The number of hydrogen-bond donors (Lipinski definition) is 0. The molecule has 21 heavy (non-hydrogen) atoms. The highest BCUT2D eigenvalue weighted by molar-refractivity contribution is 8.18. The molecule has 3 rings (SSSR count). The Balaban J connectivity index is 1.91. The molecule has 0 bridgehead atoms. The fourth-order valence-corrected chi connectivity index (χ4v) is 2.89. The third kappa shape index (κ3) is 2.75. The number of amides is 1. The second-order valence-corrected chi connectivity index (χ2v) is 5.61. The molecule has 0 atom stereocenters. The predicted octanol–water partition coefficient (Wildman–Crippen LogP) is 2.65. The number of aryl methyl sites for hydroxylation is 1. The molecule has 6 heteroatoms. The van der Waals surface area contributed by atoms with Crippen LogP contribution in [0.1, 0.15) is 5.69 Å². The van der Waals surface area contributed by atoms with Crippen LogP contribution in [-0.2, 0) is 11.8 Å². The van der Waals surface area contributed by atoms with Crippen molar-refractivity contribution in [2.24, 2.45) is 12.0 Å². The van der Waals surface area contributed by atoms with E-state index < -0.39 is 0 Å². The number of thioether (sulfide) groups is 1. The first-order chi connectivity index (χ1) is 10.1. The fraction of sp³-hybridized carbons (Fsp3) is 0.133. The van der Waals surface area contributed by atoms with Crippen molar-refractivity contribution in [3.63, 3.8) is 0 Å². The summed E-state index contributed by atoms with van der Waals surface area (Å²) in [4.78, 5) is 23.1. The first kappa shape index (κ1) is 13.6. The smallest absolute Gasteiger partial charge is 0.266 e. The van der Waals surface area contributed by atoms with Crippen LogP contribution in [-0.4, -0.2) is 32.6 Å². The molecular weight excluding hydrogens is 284 g/mol. The summed E-state index contributed by atoms with van der Waals surface area (Å²) in [5.74, 6) is 0.552. The minimum atomic E-state index is -0.0455. The van der Waals surface area contributed by atoms with Gasteiger partial charge in [-0.1, -0.05) is 6.07 Å². The van der Waals surface area contributed by atoms with Gasteiger partial charge >= 0.3 is 0 Å². The zero-order valence-corrected chi connectivity index (χ0v) is 12.5. The van der Waals surface area contributed by atoms with Crippen LogP contribution in [0.2, 0.25) is 0 Å². The molecule has 0 saturated carbocycles. The van der Waals surface area contributed by atoms with Crippen LogP contribution in [0, 0.1) is 0 Å². The Hall–Kier alpha value is -2.34. The van der Waals surface area contributed by atoms with E-state index in [2.05, 4.69) is 9.98 Å². The summed E-state index contributed by atoms with van der Waals surface area (Å²) >= 11 is 1.36. The second-order valence-electron chi connectivity index (χ2n) is 4.60. The number of carbonyl (C=O) groups excluding carboxylic acids is 1. The van der Waals surface area contributed by atoms with Crippen molar-refractivity contribution >= 4 is 34.7 Å². The molecule has 0 aromatic carbocycles.